The van der Waals surface area contributed by atoms with Crippen molar-refractivity contribution in [2.45, 2.75) is 32.2 Å². The highest BCUT2D eigenvalue weighted by atomic mass is 16.5. The van der Waals surface area contributed by atoms with E-state index in [0.717, 1.165) is 29.6 Å². The van der Waals surface area contributed by atoms with Gasteiger partial charge < -0.3 is 9.64 Å². The van der Waals surface area contributed by atoms with Gasteiger partial charge in [-0.1, -0.05) is 24.3 Å². The fourth-order valence-electron chi connectivity index (χ4n) is 3.75. The van der Waals surface area contributed by atoms with Gasteiger partial charge in [-0.25, -0.2) is 5.01 Å². The quantitative estimate of drug-likeness (QED) is 0.908. The van der Waals surface area contributed by atoms with Crippen LogP contribution in [0.2, 0.25) is 0 Å². The molecule has 0 radical (unpaired) electrons. The first-order valence-corrected chi connectivity index (χ1v) is 9.40. The van der Waals surface area contributed by atoms with Crippen LogP contribution >= 0.6 is 0 Å². The number of piperidine rings is 1. The third kappa shape index (κ3) is 3.37. The molecule has 3 heterocycles. The molecule has 0 bridgehead atoms. The Balaban J connectivity index is 1.66. The molecule has 1 amide bonds. The van der Waals surface area contributed by atoms with Crippen molar-refractivity contribution in [2.24, 2.45) is 0 Å². The summed E-state index contributed by atoms with van der Waals surface area (Å²) >= 11 is 0. The molecule has 7 nitrogen and oxygen atoms in total. The molecule has 1 N–H and O–H groups in total. The normalized spacial score (nSPS) is 21.7. The predicted molar refractivity (Wildman–Crippen MR) is 100 cm³/mol. The topological polar surface area (TPSA) is 70.6 Å². The molecule has 26 heavy (non-hydrogen) atoms. The molecule has 1 aromatic heterocycles. The van der Waals surface area contributed by atoms with Crippen molar-refractivity contribution in [1.82, 2.24) is 20.6 Å². The summed E-state index contributed by atoms with van der Waals surface area (Å²) in [6, 6.07) is 8.36. The molecule has 1 aromatic carbocycles. The third-order valence-corrected chi connectivity index (χ3v) is 5.23. The Labute approximate surface area is 153 Å². The number of carbonyl (C=O) groups excluding carboxylic acids is 1. The SMILES string of the molecule is C[C@@H]1CCCCN1c1nnc(C(=O)NN2CCOCC2)c2ccccc12. The average Bonchev–Trinajstić information content (AvgIpc) is 2.68. The lowest BCUT2D eigenvalue weighted by Gasteiger charge is -2.34. The zero-order valence-corrected chi connectivity index (χ0v) is 15.1. The second-order valence-electron chi connectivity index (χ2n) is 7.00. The van der Waals surface area contributed by atoms with E-state index in [0.29, 0.717) is 38.0 Å². The van der Waals surface area contributed by atoms with Crippen LogP contribution in [0.5, 0.6) is 0 Å². The van der Waals surface area contributed by atoms with Crippen molar-refractivity contribution in [3.63, 3.8) is 0 Å². The number of hydrogen-bond donors (Lipinski definition) is 1. The monoisotopic (exact) mass is 355 g/mol. The summed E-state index contributed by atoms with van der Waals surface area (Å²) in [6.45, 7) is 5.83. The first-order chi connectivity index (χ1) is 12.7. The standard InChI is InChI=1S/C19H25N5O2/c1-14-6-4-5-9-24(14)18-16-8-3-2-7-15(16)17(20-21-18)19(25)22-23-10-12-26-13-11-23/h2-3,7-8,14H,4-6,9-13H2,1H3,(H,22,25)/t14-/m1/s1. The van der Waals surface area contributed by atoms with Gasteiger partial charge >= 0.3 is 0 Å². The molecule has 7 heteroatoms. The zero-order chi connectivity index (χ0) is 17.9. The number of amides is 1. The highest BCUT2D eigenvalue weighted by Gasteiger charge is 2.24. The summed E-state index contributed by atoms with van der Waals surface area (Å²) in [6.07, 6.45) is 3.58. The van der Waals surface area contributed by atoms with Crippen molar-refractivity contribution in [1.29, 1.82) is 0 Å². The molecule has 1 atom stereocenters. The number of fused-ring (bicyclic) bond motifs is 1. The van der Waals surface area contributed by atoms with Gasteiger partial charge in [0.05, 0.1) is 13.2 Å². The van der Waals surface area contributed by atoms with E-state index in [-0.39, 0.29) is 5.91 Å². The van der Waals surface area contributed by atoms with Gasteiger partial charge in [0.25, 0.3) is 5.91 Å². The number of aromatic nitrogens is 2. The summed E-state index contributed by atoms with van der Waals surface area (Å²) in [5, 5.41) is 12.5. The highest BCUT2D eigenvalue weighted by Crippen LogP contribution is 2.30. The third-order valence-electron chi connectivity index (χ3n) is 5.23. The second kappa shape index (κ2) is 7.55. The summed E-state index contributed by atoms with van der Waals surface area (Å²) < 4.78 is 5.32. The first-order valence-electron chi connectivity index (χ1n) is 9.40. The first kappa shape index (κ1) is 17.2. The molecule has 2 fully saturated rings. The Morgan fingerprint density at radius 3 is 2.65 bits per heavy atom. The van der Waals surface area contributed by atoms with Gasteiger partial charge in [-0.2, -0.15) is 0 Å². The minimum Gasteiger partial charge on any atom is -0.379 e. The number of ether oxygens (including phenoxy) is 1. The molecule has 138 valence electrons. The van der Waals surface area contributed by atoms with Crippen LogP contribution in [0, 0.1) is 0 Å². The number of nitrogens with zero attached hydrogens (tertiary/aromatic N) is 4. The zero-order valence-electron chi connectivity index (χ0n) is 15.1. The maximum Gasteiger partial charge on any atom is 0.286 e. The van der Waals surface area contributed by atoms with Crippen molar-refractivity contribution in [3.8, 4) is 0 Å². The summed E-state index contributed by atoms with van der Waals surface area (Å²) in [5.74, 6) is 0.671. The fraction of sp³-hybridized carbons (Fsp3) is 0.526. The van der Waals surface area contributed by atoms with Gasteiger partial charge in [0.1, 0.15) is 0 Å². The van der Waals surface area contributed by atoms with Crippen LogP contribution in [0.15, 0.2) is 24.3 Å². The van der Waals surface area contributed by atoms with Gasteiger partial charge in [-0.15, -0.1) is 10.2 Å². The van der Waals surface area contributed by atoms with Gasteiger partial charge in [0.2, 0.25) is 0 Å². The van der Waals surface area contributed by atoms with Gasteiger partial charge in [0, 0.05) is 36.4 Å². The van der Waals surface area contributed by atoms with Crippen molar-refractivity contribution >= 4 is 22.5 Å². The maximum absolute atomic E-state index is 12.8. The average molecular weight is 355 g/mol. The van der Waals surface area contributed by atoms with Crippen LogP contribution in [0.1, 0.15) is 36.7 Å². The van der Waals surface area contributed by atoms with Crippen molar-refractivity contribution in [2.75, 3.05) is 37.7 Å². The molecule has 0 saturated carbocycles. The largest absolute Gasteiger partial charge is 0.379 e. The molecule has 2 aromatic rings. The van der Waals surface area contributed by atoms with Gasteiger partial charge in [0.15, 0.2) is 11.5 Å². The Hall–Kier alpha value is -2.25. The van der Waals surface area contributed by atoms with Crippen LogP contribution < -0.4 is 10.3 Å². The van der Waals surface area contributed by atoms with Crippen LogP contribution in [-0.2, 0) is 4.74 Å². The van der Waals surface area contributed by atoms with E-state index < -0.39 is 0 Å². The van der Waals surface area contributed by atoms with E-state index >= 15 is 0 Å². The van der Waals surface area contributed by atoms with E-state index in [9.17, 15) is 4.79 Å². The molecule has 2 aliphatic heterocycles. The maximum atomic E-state index is 12.8. The van der Waals surface area contributed by atoms with E-state index in [1.165, 1.54) is 12.8 Å². The Morgan fingerprint density at radius 1 is 1.12 bits per heavy atom. The van der Waals surface area contributed by atoms with E-state index in [4.69, 9.17) is 4.74 Å². The van der Waals surface area contributed by atoms with Crippen LogP contribution in [-0.4, -0.2) is 60.0 Å². The molecule has 0 spiro atoms. The molecule has 0 aliphatic carbocycles. The minimum atomic E-state index is -0.214. The molecule has 4 rings (SSSR count). The van der Waals surface area contributed by atoms with Crippen LogP contribution in [0.25, 0.3) is 10.8 Å². The van der Waals surface area contributed by atoms with E-state index in [2.05, 4.69) is 27.4 Å². The number of rotatable bonds is 3. The minimum absolute atomic E-state index is 0.214. The van der Waals surface area contributed by atoms with E-state index in [1.807, 2.05) is 29.3 Å². The lowest BCUT2D eigenvalue weighted by atomic mass is 10.0. The van der Waals surface area contributed by atoms with Gasteiger partial charge in [-0.3, -0.25) is 10.2 Å². The smallest absolute Gasteiger partial charge is 0.286 e. The summed E-state index contributed by atoms with van der Waals surface area (Å²) in [5.41, 5.74) is 3.31. The Kier molecular flexibility index (Phi) is 4.99. The Bertz CT molecular complexity index is 791. The molecule has 0 unspecified atom stereocenters. The van der Waals surface area contributed by atoms with E-state index in [1.54, 1.807) is 0 Å². The van der Waals surface area contributed by atoms with Crippen LogP contribution in [0.4, 0.5) is 5.82 Å². The number of benzene rings is 1. The second-order valence-corrected chi connectivity index (χ2v) is 7.00. The predicted octanol–water partition coefficient (Wildman–Crippen LogP) is 1.99. The molecular formula is C19H25N5O2. The Morgan fingerprint density at radius 2 is 1.88 bits per heavy atom. The number of morpholine rings is 1. The number of hydrogen-bond acceptors (Lipinski definition) is 6. The number of carbonyl (C=O) groups is 1. The number of anilines is 1. The van der Waals surface area contributed by atoms with Crippen LogP contribution in [0.3, 0.4) is 0 Å². The van der Waals surface area contributed by atoms with Crippen molar-refractivity contribution < 1.29 is 9.53 Å². The van der Waals surface area contributed by atoms with Gasteiger partial charge in [-0.05, 0) is 26.2 Å². The fourth-order valence-corrected chi connectivity index (χ4v) is 3.75. The summed E-state index contributed by atoms with van der Waals surface area (Å²) in [7, 11) is 0. The number of nitrogens with one attached hydrogen (secondary N) is 1. The number of hydrazine groups is 1. The molecule has 2 saturated heterocycles. The summed E-state index contributed by atoms with van der Waals surface area (Å²) in [4.78, 5) is 15.1. The van der Waals surface area contributed by atoms with Crippen molar-refractivity contribution in [3.05, 3.63) is 30.0 Å². The molecular weight excluding hydrogens is 330 g/mol. The highest BCUT2D eigenvalue weighted by molar-refractivity contribution is 6.07. The molecule has 2 aliphatic rings. The lowest BCUT2D eigenvalue weighted by molar-refractivity contribution is 0.0125. The lowest BCUT2D eigenvalue weighted by Crippen LogP contribution is -2.48.